The summed E-state index contributed by atoms with van der Waals surface area (Å²) in [4.78, 5) is 37.2. The molecular weight excluding hydrogens is 320 g/mol. The first kappa shape index (κ1) is 17.1. The van der Waals surface area contributed by atoms with Gasteiger partial charge in [-0.15, -0.1) is 11.8 Å². The zero-order valence-electron chi connectivity index (χ0n) is 12.7. The third-order valence-electron chi connectivity index (χ3n) is 3.28. The van der Waals surface area contributed by atoms with Gasteiger partial charge in [-0.2, -0.15) is 0 Å². The number of carbonyl (C=O) groups excluding carboxylic acids is 2. The zero-order chi connectivity index (χ0) is 16.8. The summed E-state index contributed by atoms with van der Waals surface area (Å²) in [5.41, 5.74) is 0.894. The largest absolute Gasteiger partial charge is 0.482 e. The Morgan fingerprint density at radius 1 is 1.35 bits per heavy atom. The van der Waals surface area contributed by atoms with E-state index in [4.69, 9.17) is 9.84 Å². The molecular formula is C15H18N2O5S. The standard InChI is InChI=1S/C15H18N2O5S/c1-16(13(18)7-17-10-23-9-14(17)19)6-11-2-4-12(5-3-11)22-8-15(20)21/h2-5H,6-10H2,1H3,(H,20,21). The maximum Gasteiger partial charge on any atom is 0.341 e. The first-order chi connectivity index (χ1) is 11.0. The Balaban J connectivity index is 1.84. The molecule has 2 amide bonds. The van der Waals surface area contributed by atoms with E-state index in [1.165, 1.54) is 11.8 Å². The van der Waals surface area contributed by atoms with Gasteiger partial charge < -0.3 is 19.6 Å². The summed E-state index contributed by atoms with van der Waals surface area (Å²) < 4.78 is 5.05. The molecule has 23 heavy (non-hydrogen) atoms. The SMILES string of the molecule is CN(Cc1ccc(OCC(=O)O)cc1)C(=O)CN1CSCC1=O. The first-order valence-electron chi connectivity index (χ1n) is 6.98. The highest BCUT2D eigenvalue weighted by molar-refractivity contribution is 8.00. The Morgan fingerprint density at radius 2 is 2.04 bits per heavy atom. The van der Waals surface area contributed by atoms with Gasteiger partial charge in [0.1, 0.15) is 12.3 Å². The molecule has 1 aromatic carbocycles. The number of benzene rings is 1. The van der Waals surface area contributed by atoms with Gasteiger partial charge in [-0.1, -0.05) is 12.1 Å². The lowest BCUT2D eigenvalue weighted by molar-refractivity contribution is -0.139. The van der Waals surface area contributed by atoms with E-state index in [9.17, 15) is 14.4 Å². The van der Waals surface area contributed by atoms with Crippen molar-refractivity contribution in [2.75, 3.05) is 31.8 Å². The number of carboxylic acid groups (broad SMARTS) is 1. The minimum atomic E-state index is -1.03. The van der Waals surface area contributed by atoms with Crippen molar-refractivity contribution in [3.63, 3.8) is 0 Å². The molecule has 0 atom stereocenters. The molecule has 0 aliphatic carbocycles. The van der Waals surface area contributed by atoms with Crippen LogP contribution in [0.1, 0.15) is 5.56 Å². The van der Waals surface area contributed by atoms with Gasteiger partial charge in [0.15, 0.2) is 6.61 Å². The average molecular weight is 338 g/mol. The van der Waals surface area contributed by atoms with Gasteiger partial charge >= 0.3 is 5.97 Å². The summed E-state index contributed by atoms with van der Waals surface area (Å²) in [6.45, 7) is 0.120. The van der Waals surface area contributed by atoms with Gasteiger partial charge in [0, 0.05) is 13.6 Å². The normalized spacial score (nSPS) is 14.0. The summed E-state index contributed by atoms with van der Waals surface area (Å²) in [5, 5.41) is 8.55. The Bertz CT molecular complexity index is 590. The van der Waals surface area contributed by atoms with Gasteiger partial charge in [0.2, 0.25) is 11.8 Å². The summed E-state index contributed by atoms with van der Waals surface area (Å²) in [6.07, 6.45) is 0. The molecule has 1 fully saturated rings. The number of carbonyl (C=O) groups is 3. The molecule has 0 unspecified atom stereocenters. The number of amides is 2. The lowest BCUT2D eigenvalue weighted by Crippen LogP contribution is -2.38. The van der Waals surface area contributed by atoms with Crippen LogP contribution in [0.4, 0.5) is 0 Å². The lowest BCUT2D eigenvalue weighted by Gasteiger charge is -2.21. The fourth-order valence-corrected chi connectivity index (χ4v) is 2.93. The predicted molar refractivity (Wildman–Crippen MR) is 85.1 cm³/mol. The Labute approximate surface area is 138 Å². The number of aliphatic carboxylic acids is 1. The van der Waals surface area contributed by atoms with Gasteiger partial charge in [0.05, 0.1) is 11.6 Å². The quantitative estimate of drug-likeness (QED) is 0.785. The number of ether oxygens (including phenoxy) is 1. The van der Waals surface area contributed by atoms with Crippen molar-refractivity contribution in [3.8, 4) is 5.75 Å². The number of rotatable bonds is 7. The maximum absolute atomic E-state index is 12.1. The molecule has 0 aromatic heterocycles. The molecule has 124 valence electrons. The summed E-state index contributed by atoms with van der Waals surface area (Å²) in [6, 6.07) is 6.88. The van der Waals surface area contributed by atoms with Crippen molar-refractivity contribution in [1.82, 2.24) is 9.80 Å². The fraction of sp³-hybridized carbons (Fsp3) is 0.400. The van der Waals surface area contributed by atoms with E-state index in [0.717, 1.165) is 5.56 Å². The second-order valence-electron chi connectivity index (χ2n) is 5.15. The molecule has 1 saturated heterocycles. The van der Waals surface area contributed by atoms with Crippen LogP contribution in [0.2, 0.25) is 0 Å². The maximum atomic E-state index is 12.1. The van der Waals surface area contributed by atoms with Crippen molar-refractivity contribution in [1.29, 1.82) is 0 Å². The molecule has 1 heterocycles. The van der Waals surface area contributed by atoms with E-state index in [0.29, 0.717) is 23.9 Å². The van der Waals surface area contributed by atoms with Crippen molar-refractivity contribution >= 4 is 29.5 Å². The minimum Gasteiger partial charge on any atom is -0.482 e. The smallest absolute Gasteiger partial charge is 0.341 e. The van der Waals surface area contributed by atoms with Gasteiger partial charge in [-0.3, -0.25) is 9.59 Å². The second-order valence-corrected chi connectivity index (χ2v) is 6.10. The number of hydrogen-bond donors (Lipinski definition) is 1. The van der Waals surface area contributed by atoms with E-state index in [2.05, 4.69) is 0 Å². The molecule has 1 aromatic rings. The third-order valence-corrected chi connectivity index (χ3v) is 4.23. The van der Waals surface area contributed by atoms with Gasteiger partial charge in [-0.05, 0) is 17.7 Å². The fourth-order valence-electron chi connectivity index (χ4n) is 2.02. The molecule has 0 saturated carbocycles. The number of nitrogens with zero attached hydrogens (tertiary/aromatic N) is 2. The zero-order valence-corrected chi connectivity index (χ0v) is 13.5. The molecule has 1 aliphatic rings. The lowest BCUT2D eigenvalue weighted by atomic mass is 10.2. The highest BCUT2D eigenvalue weighted by Gasteiger charge is 2.24. The summed E-state index contributed by atoms with van der Waals surface area (Å²) in [7, 11) is 1.69. The van der Waals surface area contributed by atoms with Crippen molar-refractivity contribution in [2.24, 2.45) is 0 Å². The van der Waals surface area contributed by atoms with Crippen molar-refractivity contribution in [3.05, 3.63) is 29.8 Å². The molecule has 0 radical (unpaired) electrons. The topological polar surface area (TPSA) is 87.2 Å². The number of likely N-dealkylation sites (N-methyl/N-ethyl adjacent to an activating group) is 1. The highest BCUT2D eigenvalue weighted by atomic mass is 32.2. The van der Waals surface area contributed by atoms with E-state index < -0.39 is 5.97 Å². The third kappa shape index (κ3) is 5.17. The predicted octanol–water partition coefficient (Wildman–Crippen LogP) is 0.641. The molecule has 1 aliphatic heterocycles. The molecule has 8 heteroatoms. The minimum absolute atomic E-state index is 0.00307. The molecule has 0 bridgehead atoms. The van der Waals surface area contributed by atoms with Crippen LogP contribution < -0.4 is 4.74 Å². The average Bonchev–Trinajstić information content (AvgIpc) is 2.91. The molecule has 1 N–H and O–H groups in total. The van der Waals surface area contributed by atoms with Crippen LogP contribution in [0, 0.1) is 0 Å². The van der Waals surface area contributed by atoms with Gasteiger partial charge in [-0.25, -0.2) is 4.79 Å². The Kier molecular flexibility index (Phi) is 5.86. The van der Waals surface area contributed by atoms with Crippen LogP contribution in [-0.2, 0) is 20.9 Å². The van der Waals surface area contributed by atoms with E-state index in [1.807, 2.05) is 0 Å². The number of carboxylic acids is 1. The van der Waals surface area contributed by atoms with Crippen LogP contribution in [0.3, 0.4) is 0 Å². The number of hydrogen-bond acceptors (Lipinski definition) is 5. The van der Waals surface area contributed by atoms with Crippen LogP contribution in [-0.4, -0.2) is 64.5 Å². The van der Waals surface area contributed by atoms with Crippen LogP contribution in [0.5, 0.6) is 5.75 Å². The van der Waals surface area contributed by atoms with E-state index >= 15 is 0 Å². The van der Waals surface area contributed by atoms with Crippen LogP contribution >= 0.6 is 11.8 Å². The van der Waals surface area contributed by atoms with Crippen molar-refractivity contribution in [2.45, 2.75) is 6.54 Å². The monoisotopic (exact) mass is 338 g/mol. The van der Waals surface area contributed by atoms with Crippen LogP contribution in [0.15, 0.2) is 24.3 Å². The molecule has 7 nitrogen and oxygen atoms in total. The second kappa shape index (κ2) is 7.87. The van der Waals surface area contributed by atoms with Crippen molar-refractivity contribution < 1.29 is 24.2 Å². The van der Waals surface area contributed by atoms with Crippen LogP contribution in [0.25, 0.3) is 0 Å². The summed E-state index contributed by atoms with van der Waals surface area (Å²) >= 11 is 1.51. The van der Waals surface area contributed by atoms with E-state index in [1.54, 1.807) is 41.1 Å². The molecule has 0 spiro atoms. The summed E-state index contributed by atoms with van der Waals surface area (Å²) in [5.74, 6) is 0.311. The van der Waals surface area contributed by atoms with E-state index in [-0.39, 0.29) is 25.0 Å². The first-order valence-corrected chi connectivity index (χ1v) is 8.14. The highest BCUT2D eigenvalue weighted by Crippen LogP contribution is 2.16. The van der Waals surface area contributed by atoms with Gasteiger partial charge in [0.25, 0.3) is 0 Å². The Morgan fingerprint density at radius 3 is 2.61 bits per heavy atom. The Hall–Kier alpha value is -2.22. The molecule has 2 rings (SSSR count). The number of thioether (sulfide) groups is 1.